The minimum Gasteiger partial charge on any atom is -0.322 e. The van der Waals surface area contributed by atoms with Crippen LogP contribution in [0.3, 0.4) is 0 Å². The predicted octanol–water partition coefficient (Wildman–Crippen LogP) is 3.30. The van der Waals surface area contributed by atoms with Gasteiger partial charge in [-0.05, 0) is 31.5 Å². The highest BCUT2D eigenvalue weighted by Gasteiger charge is 2.11. The van der Waals surface area contributed by atoms with Crippen LogP contribution in [0.4, 0.5) is 0 Å². The Hall–Kier alpha value is -0.780. The Morgan fingerprint density at radius 1 is 1.38 bits per heavy atom. The molecule has 0 radical (unpaired) electrons. The summed E-state index contributed by atoms with van der Waals surface area (Å²) in [7, 11) is 0. The van der Waals surface area contributed by atoms with Crippen molar-refractivity contribution in [3.8, 4) is 10.6 Å². The Morgan fingerprint density at radius 3 is 2.75 bits per heavy atom. The first-order valence-corrected chi connectivity index (χ1v) is 6.54. The molecular weight excluding hydrogens is 286 g/mol. The number of nitrogens with two attached hydrogens (primary N) is 1. The highest BCUT2D eigenvalue weighted by atomic mass is 79.9. The van der Waals surface area contributed by atoms with Gasteiger partial charge in [0.15, 0.2) is 0 Å². The van der Waals surface area contributed by atoms with E-state index in [0.717, 1.165) is 20.1 Å². The van der Waals surface area contributed by atoms with Crippen LogP contribution in [0.1, 0.15) is 23.5 Å². The van der Waals surface area contributed by atoms with Gasteiger partial charge in [0, 0.05) is 10.0 Å². The number of hydrogen-bond donors (Lipinski definition) is 1. The minimum absolute atomic E-state index is 0.0568. The molecule has 0 aliphatic rings. The van der Waals surface area contributed by atoms with Crippen molar-refractivity contribution >= 4 is 27.3 Å². The molecule has 2 N–H and O–H groups in total. The molecule has 0 spiro atoms. The van der Waals surface area contributed by atoms with Crippen LogP contribution in [-0.2, 0) is 0 Å². The standard InChI is InChI=1S/C11H12BrN3S/c1-6-3-4-8(12)5-9(6)11-15-14-10(16-11)7(2)13/h3-5,7H,13H2,1-2H3. The lowest BCUT2D eigenvalue weighted by Gasteiger charge is -2.01. The van der Waals surface area contributed by atoms with Gasteiger partial charge in [-0.15, -0.1) is 10.2 Å². The fraction of sp³-hybridized carbons (Fsp3) is 0.273. The molecule has 84 valence electrons. The third-order valence-electron chi connectivity index (χ3n) is 2.26. The average Bonchev–Trinajstić information content (AvgIpc) is 2.70. The number of rotatable bonds is 2. The molecule has 0 aliphatic carbocycles. The monoisotopic (exact) mass is 297 g/mol. The third-order valence-corrected chi connectivity index (χ3v) is 3.91. The zero-order valence-electron chi connectivity index (χ0n) is 9.07. The smallest absolute Gasteiger partial charge is 0.148 e. The molecule has 1 atom stereocenters. The van der Waals surface area contributed by atoms with Gasteiger partial charge in [0.2, 0.25) is 0 Å². The number of aryl methyl sites for hydroxylation is 1. The molecule has 5 heteroatoms. The van der Waals surface area contributed by atoms with Crippen molar-refractivity contribution in [2.75, 3.05) is 0 Å². The van der Waals surface area contributed by atoms with Gasteiger partial charge in [-0.2, -0.15) is 0 Å². The van der Waals surface area contributed by atoms with E-state index in [1.165, 1.54) is 5.56 Å². The number of hydrogen-bond acceptors (Lipinski definition) is 4. The van der Waals surface area contributed by atoms with Crippen molar-refractivity contribution in [1.82, 2.24) is 10.2 Å². The van der Waals surface area contributed by atoms with Gasteiger partial charge in [0.1, 0.15) is 10.0 Å². The van der Waals surface area contributed by atoms with Crippen LogP contribution in [0.2, 0.25) is 0 Å². The van der Waals surface area contributed by atoms with Crippen LogP contribution in [0.15, 0.2) is 22.7 Å². The zero-order chi connectivity index (χ0) is 11.7. The quantitative estimate of drug-likeness (QED) is 0.925. The summed E-state index contributed by atoms with van der Waals surface area (Å²) in [6.07, 6.45) is 0. The van der Waals surface area contributed by atoms with Gasteiger partial charge >= 0.3 is 0 Å². The second-order valence-corrected chi connectivity index (χ2v) is 5.62. The largest absolute Gasteiger partial charge is 0.322 e. The van der Waals surface area contributed by atoms with E-state index in [0.29, 0.717) is 0 Å². The third kappa shape index (κ3) is 2.31. The van der Waals surface area contributed by atoms with Crippen molar-refractivity contribution in [3.05, 3.63) is 33.2 Å². The Morgan fingerprint density at radius 2 is 2.12 bits per heavy atom. The van der Waals surface area contributed by atoms with Crippen LogP contribution in [0.25, 0.3) is 10.6 Å². The summed E-state index contributed by atoms with van der Waals surface area (Å²) < 4.78 is 1.05. The van der Waals surface area contributed by atoms with Crippen LogP contribution < -0.4 is 5.73 Å². The molecule has 0 fully saturated rings. The molecule has 0 saturated heterocycles. The van der Waals surface area contributed by atoms with E-state index in [2.05, 4.69) is 45.2 Å². The number of nitrogens with zero attached hydrogens (tertiary/aromatic N) is 2. The number of halogens is 1. The maximum atomic E-state index is 5.77. The first-order chi connectivity index (χ1) is 7.58. The van der Waals surface area contributed by atoms with Gasteiger partial charge in [0.25, 0.3) is 0 Å². The van der Waals surface area contributed by atoms with Gasteiger partial charge in [-0.25, -0.2) is 0 Å². The van der Waals surface area contributed by atoms with Crippen LogP contribution in [0, 0.1) is 6.92 Å². The molecule has 16 heavy (non-hydrogen) atoms. The van der Waals surface area contributed by atoms with Crippen LogP contribution >= 0.6 is 27.3 Å². The molecule has 2 rings (SSSR count). The summed E-state index contributed by atoms with van der Waals surface area (Å²) in [5.74, 6) is 0. The van der Waals surface area contributed by atoms with Crippen molar-refractivity contribution in [3.63, 3.8) is 0 Å². The van der Waals surface area contributed by atoms with Gasteiger partial charge < -0.3 is 5.73 Å². The summed E-state index contributed by atoms with van der Waals surface area (Å²) in [5, 5.41) is 10.1. The lowest BCUT2D eigenvalue weighted by Crippen LogP contribution is -2.03. The van der Waals surface area contributed by atoms with Crippen molar-refractivity contribution < 1.29 is 0 Å². The number of benzene rings is 1. The first kappa shape index (κ1) is 11.7. The highest BCUT2D eigenvalue weighted by Crippen LogP contribution is 2.30. The van der Waals surface area contributed by atoms with E-state index in [1.807, 2.05) is 13.0 Å². The van der Waals surface area contributed by atoms with E-state index in [1.54, 1.807) is 11.3 Å². The molecule has 2 aromatic rings. The van der Waals surface area contributed by atoms with E-state index in [4.69, 9.17) is 5.73 Å². The predicted molar refractivity (Wildman–Crippen MR) is 70.4 cm³/mol. The molecule has 0 saturated carbocycles. The van der Waals surface area contributed by atoms with E-state index < -0.39 is 0 Å². The topological polar surface area (TPSA) is 51.8 Å². The molecule has 0 bridgehead atoms. The normalized spacial score (nSPS) is 12.8. The summed E-state index contributed by atoms with van der Waals surface area (Å²) in [6, 6.07) is 6.08. The fourth-order valence-corrected chi connectivity index (χ4v) is 2.59. The summed E-state index contributed by atoms with van der Waals surface area (Å²) in [6.45, 7) is 3.98. The average molecular weight is 298 g/mol. The molecule has 0 amide bonds. The van der Waals surface area contributed by atoms with E-state index in [9.17, 15) is 0 Å². The van der Waals surface area contributed by atoms with Crippen molar-refractivity contribution in [2.24, 2.45) is 5.73 Å². The fourth-order valence-electron chi connectivity index (χ4n) is 1.35. The highest BCUT2D eigenvalue weighted by molar-refractivity contribution is 9.10. The Kier molecular flexibility index (Phi) is 3.37. The summed E-state index contributed by atoms with van der Waals surface area (Å²) >= 11 is 5.01. The van der Waals surface area contributed by atoms with Gasteiger partial charge in [-0.1, -0.05) is 33.3 Å². The molecule has 1 aromatic carbocycles. The Bertz CT molecular complexity index is 508. The molecule has 3 nitrogen and oxygen atoms in total. The van der Waals surface area contributed by atoms with Crippen LogP contribution in [-0.4, -0.2) is 10.2 Å². The maximum absolute atomic E-state index is 5.77. The molecular formula is C11H12BrN3S. The number of aromatic nitrogens is 2. The second-order valence-electron chi connectivity index (χ2n) is 3.69. The van der Waals surface area contributed by atoms with E-state index >= 15 is 0 Å². The lowest BCUT2D eigenvalue weighted by atomic mass is 10.1. The van der Waals surface area contributed by atoms with Crippen LogP contribution in [0.5, 0.6) is 0 Å². The Balaban J connectivity index is 2.46. The van der Waals surface area contributed by atoms with Crippen molar-refractivity contribution in [1.29, 1.82) is 0 Å². The second kappa shape index (κ2) is 4.61. The minimum atomic E-state index is -0.0568. The SMILES string of the molecule is Cc1ccc(Br)cc1-c1nnc(C(C)N)s1. The molecule has 1 heterocycles. The zero-order valence-corrected chi connectivity index (χ0v) is 11.5. The summed E-state index contributed by atoms with van der Waals surface area (Å²) in [5.41, 5.74) is 8.07. The Labute approximate surface area is 107 Å². The maximum Gasteiger partial charge on any atom is 0.148 e. The van der Waals surface area contributed by atoms with Gasteiger partial charge in [0.05, 0.1) is 6.04 Å². The molecule has 1 aromatic heterocycles. The lowest BCUT2D eigenvalue weighted by molar-refractivity contribution is 0.786. The molecule has 0 aliphatic heterocycles. The van der Waals surface area contributed by atoms with E-state index in [-0.39, 0.29) is 6.04 Å². The first-order valence-electron chi connectivity index (χ1n) is 4.93. The summed E-state index contributed by atoms with van der Waals surface area (Å²) in [4.78, 5) is 0. The van der Waals surface area contributed by atoms with Gasteiger partial charge in [-0.3, -0.25) is 0 Å². The molecule has 1 unspecified atom stereocenters. The van der Waals surface area contributed by atoms with Crippen molar-refractivity contribution in [2.45, 2.75) is 19.9 Å².